The number of thioether (sulfide) groups is 1. The number of rotatable bonds is 5. The second-order valence-corrected chi connectivity index (χ2v) is 9.05. The topological polar surface area (TPSA) is 46.6 Å². The fraction of sp³-hybridized carbons (Fsp3) is 0.200. The molecule has 3 rings (SSSR count). The summed E-state index contributed by atoms with van der Waals surface area (Å²) in [6, 6.07) is 10.5. The van der Waals surface area contributed by atoms with Crippen LogP contribution in [0.3, 0.4) is 0 Å². The Morgan fingerprint density at radius 3 is 2.57 bits per heavy atom. The molecule has 1 heterocycles. The Hall–Kier alpha value is -1.47. The van der Waals surface area contributed by atoms with Crippen molar-refractivity contribution in [2.75, 3.05) is 0 Å². The molecule has 0 atom stereocenters. The second-order valence-electron chi connectivity index (χ2n) is 6.36. The first kappa shape index (κ1) is 21.2. The van der Waals surface area contributed by atoms with Crippen molar-refractivity contribution >= 4 is 68.1 Å². The molecule has 8 heteroatoms. The maximum atomic E-state index is 12.7. The molecule has 1 aliphatic rings. The molecule has 0 unspecified atom stereocenters. The number of carbonyl (C=O) groups is 2. The van der Waals surface area contributed by atoms with Crippen molar-refractivity contribution in [1.29, 1.82) is 0 Å². The van der Waals surface area contributed by atoms with Crippen LogP contribution in [0.25, 0.3) is 6.08 Å². The van der Waals surface area contributed by atoms with Crippen LogP contribution in [0, 0.1) is 0 Å². The molecule has 2 aromatic carbocycles. The van der Waals surface area contributed by atoms with E-state index in [2.05, 4.69) is 15.9 Å². The van der Waals surface area contributed by atoms with Crippen molar-refractivity contribution in [3.05, 3.63) is 66.9 Å². The molecule has 1 aliphatic heterocycles. The first-order chi connectivity index (χ1) is 13.2. The smallest absolute Gasteiger partial charge is 0.293 e. The Labute approximate surface area is 186 Å². The van der Waals surface area contributed by atoms with Crippen LogP contribution in [-0.4, -0.2) is 22.2 Å². The maximum absolute atomic E-state index is 12.7. The molecule has 146 valence electrons. The molecular formula is C20H16BrCl2NO3S. The Kier molecular flexibility index (Phi) is 6.76. The van der Waals surface area contributed by atoms with Crippen LogP contribution in [0.4, 0.5) is 4.79 Å². The van der Waals surface area contributed by atoms with Crippen molar-refractivity contribution in [3.63, 3.8) is 0 Å². The SMILES string of the molecule is CC(C)Oc1ccc(/C=C2\SC(=O)N(Cc3ccc(Cl)cc3Cl)C2=O)cc1Br. The molecule has 0 aromatic heterocycles. The number of benzene rings is 2. The zero-order valence-electron chi connectivity index (χ0n) is 15.0. The lowest BCUT2D eigenvalue weighted by Gasteiger charge is -2.13. The van der Waals surface area contributed by atoms with E-state index in [1.54, 1.807) is 24.3 Å². The van der Waals surface area contributed by atoms with E-state index in [-0.39, 0.29) is 23.8 Å². The highest BCUT2D eigenvalue weighted by Crippen LogP contribution is 2.35. The Morgan fingerprint density at radius 1 is 1.18 bits per heavy atom. The molecule has 0 spiro atoms. The van der Waals surface area contributed by atoms with Gasteiger partial charge in [-0.25, -0.2) is 0 Å². The Bertz CT molecular complexity index is 978. The van der Waals surface area contributed by atoms with Gasteiger partial charge in [0, 0.05) is 10.0 Å². The van der Waals surface area contributed by atoms with Crippen molar-refractivity contribution in [2.45, 2.75) is 26.5 Å². The summed E-state index contributed by atoms with van der Waals surface area (Å²) in [6.45, 7) is 4.00. The number of nitrogens with zero attached hydrogens (tertiary/aromatic N) is 1. The third-order valence-electron chi connectivity index (χ3n) is 3.83. The number of imide groups is 1. The van der Waals surface area contributed by atoms with Crippen LogP contribution in [0.1, 0.15) is 25.0 Å². The zero-order valence-corrected chi connectivity index (χ0v) is 19.0. The minimum atomic E-state index is -0.348. The minimum absolute atomic E-state index is 0.0540. The molecule has 0 N–H and O–H groups in total. The van der Waals surface area contributed by atoms with Crippen molar-refractivity contribution in [1.82, 2.24) is 4.90 Å². The summed E-state index contributed by atoms with van der Waals surface area (Å²) in [5.74, 6) is 0.372. The van der Waals surface area contributed by atoms with E-state index >= 15 is 0 Å². The molecule has 28 heavy (non-hydrogen) atoms. The van der Waals surface area contributed by atoms with Gasteiger partial charge in [0.25, 0.3) is 11.1 Å². The average Bonchev–Trinajstić information content (AvgIpc) is 2.86. The first-order valence-corrected chi connectivity index (χ1v) is 10.8. The average molecular weight is 501 g/mol. The van der Waals surface area contributed by atoms with E-state index < -0.39 is 0 Å². The van der Waals surface area contributed by atoms with E-state index in [0.29, 0.717) is 20.5 Å². The molecule has 4 nitrogen and oxygen atoms in total. The largest absolute Gasteiger partial charge is 0.490 e. The molecule has 0 aliphatic carbocycles. The second kappa shape index (κ2) is 8.91. The lowest BCUT2D eigenvalue weighted by atomic mass is 10.2. The van der Waals surface area contributed by atoms with E-state index in [1.807, 2.05) is 32.0 Å². The van der Waals surface area contributed by atoms with E-state index in [1.165, 1.54) is 4.90 Å². The fourth-order valence-electron chi connectivity index (χ4n) is 2.56. The molecule has 1 saturated heterocycles. The fourth-order valence-corrected chi connectivity index (χ4v) is 4.36. The Morgan fingerprint density at radius 2 is 1.93 bits per heavy atom. The van der Waals surface area contributed by atoms with Crippen LogP contribution in [0.5, 0.6) is 5.75 Å². The van der Waals surface area contributed by atoms with E-state index in [4.69, 9.17) is 27.9 Å². The van der Waals surface area contributed by atoms with Gasteiger partial charge in [-0.1, -0.05) is 35.3 Å². The van der Waals surface area contributed by atoms with Gasteiger partial charge in [-0.2, -0.15) is 0 Å². The first-order valence-electron chi connectivity index (χ1n) is 8.40. The van der Waals surface area contributed by atoms with Gasteiger partial charge in [0.05, 0.1) is 22.0 Å². The van der Waals surface area contributed by atoms with Gasteiger partial charge in [0.2, 0.25) is 0 Å². The zero-order chi connectivity index (χ0) is 20.4. The minimum Gasteiger partial charge on any atom is -0.490 e. The van der Waals surface area contributed by atoms with Gasteiger partial charge in [-0.3, -0.25) is 14.5 Å². The number of hydrogen-bond acceptors (Lipinski definition) is 4. The molecular weight excluding hydrogens is 485 g/mol. The monoisotopic (exact) mass is 499 g/mol. The Balaban J connectivity index is 1.80. The number of hydrogen-bond donors (Lipinski definition) is 0. The molecule has 2 amide bonds. The van der Waals surface area contributed by atoms with Crippen LogP contribution in [-0.2, 0) is 11.3 Å². The van der Waals surface area contributed by atoms with Crippen LogP contribution in [0.15, 0.2) is 45.8 Å². The molecule has 2 aromatic rings. The molecule has 0 bridgehead atoms. The number of halogens is 3. The normalized spacial score (nSPS) is 15.8. The summed E-state index contributed by atoms with van der Waals surface area (Å²) in [6.07, 6.45) is 1.75. The van der Waals surface area contributed by atoms with Crippen molar-refractivity contribution < 1.29 is 14.3 Å². The number of ether oxygens (including phenoxy) is 1. The lowest BCUT2D eigenvalue weighted by Crippen LogP contribution is -2.27. The summed E-state index contributed by atoms with van der Waals surface area (Å²) in [4.78, 5) is 26.6. The highest BCUT2D eigenvalue weighted by Gasteiger charge is 2.35. The lowest BCUT2D eigenvalue weighted by molar-refractivity contribution is -0.123. The molecule has 1 fully saturated rings. The van der Waals surface area contributed by atoms with E-state index in [0.717, 1.165) is 27.5 Å². The summed E-state index contributed by atoms with van der Waals surface area (Å²) in [5, 5.41) is 0.583. The summed E-state index contributed by atoms with van der Waals surface area (Å²) >= 11 is 16.4. The number of carbonyl (C=O) groups excluding carboxylic acids is 2. The van der Waals surface area contributed by atoms with E-state index in [9.17, 15) is 9.59 Å². The third kappa shape index (κ3) is 4.92. The third-order valence-corrected chi connectivity index (χ3v) is 5.95. The molecule has 0 saturated carbocycles. The highest BCUT2D eigenvalue weighted by atomic mass is 79.9. The number of amides is 2. The predicted molar refractivity (Wildman–Crippen MR) is 118 cm³/mol. The van der Waals surface area contributed by atoms with Crippen LogP contribution in [0.2, 0.25) is 10.0 Å². The maximum Gasteiger partial charge on any atom is 0.293 e. The standard InChI is InChI=1S/C20H16BrCl2NO3S/c1-11(2)27-17-6-3-12(7-15(17)21)8-18-19(25)24(20(26)28-18)10-13-4-5-14(22)9-16(13)23/h3-9,11H,10H2,1-2H3/b18-8-. The van der Waals surface area contributed by atoms with Gasteiger partial charge < -0.3 is 4.74 Å². The van der Waals surface area contributed by atoms with Crippen LogP contribution >= 0.6 is 50.9 Å². The highest BCUT2D eigenvalue weighted by molar-refractivity contribution is 9.10. The van der Waals surface area contributed by atoms with Gasteiger partial charge in [0.15, 0.2) is 0 Å². The van der Waals surface area contributed by atoms with Crippen molar-refractivity contribution in [2.24, 2.45) is 0 Å². The summed E-state index contributed by atoms with van der Waals surface area (Å²) in [5.41, 5.74) is 1.45. The summed E-state index contributed by atoms with van der Waals surface area (Å²) < 4.78 is 6.47. The molecule has 0 radical (unpaired) electrons. The van der Waals surface area contributed by atoms with Crippen LogP contribution < -0.4 is 4.74 Å². The van der Waals surface area contributed by atoms with Gasteiger partial charge in [0.1, 0.15) is 5.75 Å². The van der Waals surface area contributed by atoms with Gasteiger partial charge >= 0.3 is 0 Å². The summed E-state index contributed by atoms with van der Waals surface area (Å²) in [7, 11) is 0. The van der Waals surface area contributed by atoms with Gasteiger partial charge in [-0.15, -0.1) is 0 Å². The van der Waals surface area contributed by atoms with Crippen molar-refractivity contribution in [3.8, 4) is 5.75 Å². The predicted octanol–water partition coefficient (Wildman–Crippen LogP) is 6.78. The quantitative estimate of drug-likeness (QED) is 0.424. The van der Waals surface area contributed by atoms with Gasteiger partial charge in [-0.05, 0) is 83.0 Å².